The van der Waals surface area contributed by atoms with E-state index in [0.717, 1.165) is 10.0 Å². The average molecular weight is 327 g/mol. The Kier molecular flexibility index (Phi) is 6.02. The van der Waals surface area contributed by atoms with Crippen LogP contribution in [0.5, 0.6) is 0 Å². The summed E-state index contributed by atoms with van der Waals surface area (Å²) >= 11 is 3.41. The van der Waals surface area contributed by atoms with E-state index < -0.39 is 0 Å². The molecule has 0 saturated carbocycles. The minimum atomic E-state index is -0.135. The van der Waals surface area contributed by atoms with E-state index in [0.29, 0.717) is 18.7 Å². The van der Waals surface area contributed by atoms with Crippen LogP contribution in [0.15, 0.2) is 22.7 Å². The Bertz CT molecular complexity index is 475. The third-order valence-electron chi connectivity index (χ3n) is 2.80. The molecule has 5 heteroatoms. The van der Waals surface area contributed by atoms with Gasteiger partial charge in [0.05, 0.1) is 6.54 Å². The Balaban J connectivity index is 2.83. The lowest BCUT2D eigenvalue weighted by Gasteiger charge is -2.20. The Morgan fingerprint density at radius 2 is 2.00 bits per heavy atom. The predicted octanol–water partition coefficient (Wildman–Crippen LogP) is 2.36. The van der Waals surface area contributed by atoms with Gasteiger partial charge in [-0.05, 0) is 38.5 Å². The Labute approximate surface area is 122 Å². The van der Waals surface area contributed by atoms with Gasteiger partial charge in [-0.15, -0.1) is 0 Å². The van der Waals surface area contributed by atoms with E-state index in [1.165, 1.54) is 4.90 Å². The van der Waals surface area contributed by atoms with E-state index in [4.69, 9.17) is 0 Å². The molecule has 1 aromatic rings. The van der Waals surface area contributed by atoms with Gasteiger partial charge in [0.1, 0.15) is 0 Å². The van der Waals surface area contributed by atoms with Crippen molar-refractivity contribution in [3.63, 3.8) is 0 Å². The standard InChI is InChI=1S/C14H19BrN2O2/c1-4-16-13(18)9-17(5-2)14(19)11-7-6-10(3)12(15)8-11/h6-8H,4-5,9H2,1-3H3,(H,16,18). The molecule has 0 atom stereocenters. The summed E-state index contributed by atoms with van der Waals surface area (Å²) in [6, 6.07) is 5.46. The summed E-state index contributed by atoms with van der Waals surface area (Å²) in [4.78, 5) is 25.4. The number of benzene rings is 1. The second-order valence-electron chi connectivity index (χ2n) is 4.24. The van der Waals surface area contributed by atoms with Crippen LogP contribution >= 0.6 is 15.9 Å². The van der Waals surface area contributed by atoms with Gasteiger partial charge in [-0.25, -0.2) is 0 Å². The fourth-order valence-electron chi connectivity index (χ4n) is 1.66. The van der Waals surface area contributed by atoms with Crippen molar-refractivity contribution >= 4 is 27.7 Å². The van der Waals surface area contributed by atoms with Gasteiger partial charge in [0.15, 0.2) is 0 Å². The normalized spacial score (nSPS) is 10.1. The van der Waals surface area contributed by atoms with E-state index in [-0.39, 0.29) is 18.4 Å². The quantitative estimate of drug-likeness (QED) is 0.903. The second-order valence-corrected chi connectivity index (χ2v) is 5.09. The van der Waals surface area contributed by atoms with Gasteiger partial charge in [0.2, 0.25) is 5.91 Å². The van der Waals surface area contributed by atoms with Crippen molar-refractivity contribution in [2.24, 2.45) is 0 Å². The lowest BCUT2D eigenvalue weighted by atomic mass is 10.1. The monoisotopic (exact) mass is 326 g/mol. The molecular formula is C14H19BrN2O2. The summed E-state index contributed by atoms with van der Waals surface area (Å²) in [6.45, 7) is 6.84. The van der Waals surface area contributed by atoms with Crippen molar-refractivity contribution in [1.29, 1.82) is 0 Å². The van der Waals surface area contributed by atoms with Crippen molar-refractivity contribution in [1.82, 2.24) is 10.2 Å². The van der Waals surface area contributed by atoms with Gasteiger partial charge in [0, 0.05) is 23.1 Å². The molecule has 0 heterocycles. The maximum Gasteiger partial charge on any atom is 0.254 e. The van der Waals surface area contributed by atoms with E-state index in [1.54, 1.807) is 12.1 Å². The lowest BCUT2D eigenvalue weighted by Crippen LogP contribution is -2.40. The summed E-state index contributed by atoms with van der Waals surface area (Å²) in [7, 11) is 0. The fraction of sp³-hybridized carbons (Fsp3) is 0.429. The van der Waals surface area contributed by atoms with Gasteiger partial charge in [0.25, 0.3) is 5.91 Å². The largest absolute Gasteiger partial charge is 0.355 e. The zero-order valence-corrected chi connectivity index (χ0v) is 13.1. The Hall–Kier alpha value is -1.36. The summed E-state index contributed by atoms with van der Waals surface area (Å²) in [5.74, 6) is -0.265. The second kappa shape index (κ2) is 7.28. The minimum absolute atomic E-state index is 0.0919. The molecule has 2 amide bonds. The number of hydrogen-bond acceptors (Lipinski definition) is 2. The summed E-state index contributed by atoms with van der Waals surface area (Å²) in [5, 5.41) is 2.70. The molecule has 19 heavy (non-hydrogen) atoms. The number of hydrogen-bond donors (Lipinski definition) is 1. The number of nitrogens with one attached hydrogen (secondary N) is 1. The minimum Gasteiger partial charge on any atom is -0.355 e. The zero-order chi connectivity index (χ0) is 14.4. The first-order chi connectivity index (χ1) is 8.99. The first-order valence-corrected chi connectivity index (χ1v) is 7.11. The van der Waals surface area contributed by atoms with Crippen LogP contribution in [0, 0.1) is 6.92 Å². The molecule has 0 radical (unpaired) electrons. The van der Waals surface area contributed by atoms with Crippen molar-refractivity contribution in [2.75, 3.05) is 19.6 Å². The highest BCUT2D eigenvalue weighted by Gasteiger charge is 2.17. The van der Waals surface area contributed by atoms with Crippen LogP contribution < -0.4 is 5.32 Å². The first-order valence-electron chi connectivity index (χ1n) is 6.31. The molecule has 0 saturated heterocycles. The van der Waals surface area contributed by atoms with Crippen LogP contribution in [-0.4, -0.2) is 36.3 Å². The van der Waals surface area contributed by atoms with E-state index in [1.807, 2.05) is 26.8 Å². The molecule has 0 aromatic heterocycles. The van der Waals surface area contributed by atoms with Gasteiger partial charge < -0.3 is 10.2 Å². The van der Waals surface area contributed by atoms with Gasteiger partial charge in [-0.1, -0.05) is 22.0 Å². The highest BCUT2D eigenvalue weighted by Crippen LogP contribution is 2.18. The highest BCUT2D eigenvalue weighted by molar-refractivity contribution is 9.10. The third kappa shape index (κ3) is 4.35. The summed E-state index contributed by atoms with van der Waals surface area (Å²) < 4.78 is 0.896. The summed E-state index contributed by atoms with van der Waals surface area (Å²) in [6.07, 6.45) is 0. The van der Waals surface area contributed by atoms with Crippen molar-refractivity contribution in [3.8, 4) is 0 Å². The van der Waals surface area contributed by atoms with E-state index >= 15 is 0 Å². The molecule has 4 nitrogen and oxygen atoms in total. The Morgan fingerprint density at radius 3 is 2.53 bits per heavy atom. The Morgan fingerprint density at radius 1 is 1.32 bits per heavy atom. The zero-order valence-electron chi connectivity index (χ0n) is 11.5. The van der Waals surface area contributed by atoms with Crippen molar-refractivity contribution in [2.45, 2.75) is 20.8 Å². The maximum absolute atomic E-state index is 12.3. The molecule has 0 spiro atoms. The fourth-order valence-corrected chi connectivity index (χ4v) is 2.04. The lowest BCUT2D eigenvalue weighted by molar-refractivity contribution is -0.121. The predicted molar refractivity (Wildman–Crippen MR) is 79.1 cm³/mol. The molecule has 1 N–H and O–H groups in total. The summed E-state index contributed by atoms with van der Waals surface area (Å²) in [5.41, 5.74) is 1.66. The number of likely N-dealkylation sites (N-methyl/N-ethyl adjacent to an activating group) is 2. The molecule has 0 aliphatic heterocycles. The molecule has 104 valence electrons. The smallest absolute Gasteiger partial charge is 0.254 e. The first kappa shape index (κ1) is 15.7. The molecule has 0 bridgehead atoms. The molecule has 0 aliphatic carbocycles. The topological polar surface area (TPSA) is 49.4 Å². The van der Waals surface area contributed by atoms with Crippen LogP contribution in [0.2, 0.25) is 0 Å². The molecular weight excluding hydrogens is 308 g/mol. The number of nitrogens with zero attached hydrogens (tertiary/aromatic N) is 1. The number of amides is 2. The molecule has 1 rings (SSSR count). The van der Waals surface area contributed by atoms with Gasteiger partial charge >= 0.3 is 0 Å². The molecule has 0 unspecified atom stereocenters. The third-order valence-corrected chi connectivity index (χ3v) is 3.65. The van der Waals surface area contributed by atoms with E-state index in [2.05, 4.69) is 21.2 Å². The van der Waals surface area contributed by atoms with Crippen LogP contribution in [0.25, 0.3) is 0 Å². The van der Waals surface area contributed by atoms with Crippen LogP contribution in [0.1, 0.15) is 29.8 Å². The molecule has 0 aliphatic rings. The van der Waals surface area contributed by atoms with Crippen LogP contribution in [-0.2, 0) is 4.79 Å². The van der Waals surface area contributed by atoms with Gasteiger partial charge in [-0.2, -0.15) is 0 Å². The number of halogens is 1. The highest BCUT2D eigenvalue weighted by atomic mass is 79.9. The van der Waals surface area contributed by atoms with Crippen LogP contribution in [0.3, 0.4) is 0 Å². The molecule has 0 fully saturated rings. The van der Waals surface area contributed by atoms with Crippen molar-refractivity contribution < 1.29 is 9.59 Å². The number of carbonyl (C=O) groups excluding carboxylic acids is 2. The number of carbonyl (C=O) groups is 2. The SMILES string of the molecule is CCNC(=O)CN(CC)C(=O)c1ccc(C)c(Br)c1. The van der Waals surface area contributed by atoms with E-state index in [9.17, 15) is 9.59 Å². The average Bonchev–Trinajstić information content (AvgIpc) is 2.38. The van der Waals surface area contributed by atoms with Crippen molar-refractivity contribution in [3.05, 3.63) is 33.8 Å². The molecule has 1 aromatic carbocycles. The maximum atomic E-state index is 12.3. The number of aryl methyl sites for hydroxylation is 1. The van der Waals surface area contributed by atoms with Gasteiger partial charge in [-0.3, -0.25) is 9.59 Å². The van der Waals surface area contributed by atoms with Crippen LogP contribution in [0.4, 0.5) is 0 Å². The number of rotatable bonds is 5.